The van der Waals surface area contributed by atoms with Gasteiger partial charge in [-0.1, -0.05) is 54.6 Å². The Morgan fingerprint density at radius 2 is 1.57 bits per heavy atom. The lowest BCUT2D eigenvalue weighted by Crippen LogP contribution is -1.98. The number of hydrogen-bond acceptors (Lipinski definition) is 2. The van der Waals surface area contributed by atoms with Gasteiger partial charge in [0.25, 0.3) is 0 Å². The molecule has 0 aliphatic rings. The van der Waals surface area contributed by atoms with Crippen LogP contribution in [0.25, 0.3) is 10.8 Å². The predicted molar refractivity (Wildman–Crippen MR) is 84.9 cm³/mol. The molecule has 0 aliphatic heterocycles. The van der Waals surface area contributed by atoms with Crippen LogP contribution < -0.4 is 0 Å². The molecule has 0 saturated heterocycles. The molecule has 0 fully saturated rings. The summed E-state index contributed by atoms with van der Waals surface area (Å²) in [7, 11) is 0. The zero-order chi connectivity index (χ0) is 14.8. The molecule has 0 atom stereocenters. The Morgan fingerprint density at radius 1 is 0.952 bits per heavy atom. The Labute approximate surface area is 123 Å². The second kappa shape index (κ2) is 5.41. The molecule has 21 heavy (non-hydrogen) atoms. The van der Waals surface area contributed by atoms with Gasteiger partial charge in [-0.15, -0.1) is 0 Å². The van der Waals surface area contributed by atoms with Gasteiger partial charge in [0.2, 0.25) is 0 Å². The molecule has 3 aromatic rings. The van der Waals surface area contributed by atoms with Gasteiger partial charge in [0.15, 0.2) is 5.78 Å². The number of hydrogen-bond donors (Lipinski definition) is 1. The average Bonchev–Trinajstić information content (AvgIpc) is 2.51. The van der Waals surface area contributed by atoms with Crippen molar-refractivity contribution in [3.05, 3.63) is 77.4 Å². The average molecular weight is 276 g/mol. The van der Waals surface area contributed by atoms with E-state index in [2.05, 4.69) is 12.1 Å². The molecule has 104 valence electrons. The molecule has 0 aromatic heterocycles. The zero-order valence-corrected chi connectivity index (χ0v) is 11.8. The van der Waals surface area contributed by atoms with Crippen LogP contribution in [0.4, 0.5) is 0 Å². The molecule has 0 bridgehead atoms. The van der Waals surface area contributed by atoms with E-state index >= 15 is 0 Å². The number of carbonyl (C=O) groups excluding carboxylic acids is 1. The van der Waals surface area contributed by atoms with Gasteiger partial charge in [0.05, 0.1) is 5.56 Å². The predicted octanol–water partition coefficient (Wildman–Crippen LogP) is 4.34. The first-order valence-corrected chi connectivity index (χ1v) is 6.95. The monoisotopic (exact) mass is 276 g/mol. The summed E-state index contributed by atoms with van der Waals surface area (Å²) in [6.45, 7) is 1.48. The Balaban J connectivity index is 2.21. The summed E-state index contributed by atoms with van der Waals surface area (Å²) in [6, 6.07) is 19.6. The third kappa shape index (κ3) is 2.52. The summed E-state index contributed by atoms with van der Waals surface area (Å²) < 4.78 is 0. The maximum atomic E-state index is 11.8. The van der Waals surface area contributed by atoms with Crippen molar-refractivity contribution >= 4 is 16.6 Å². The SMILES string of the molecule is CC(=O)c1cc(Cc2ccccc2)c2ccccc2c1O. The van der Waals surface area contributed by atoms with E-state index in [1.807, 2.05) is 48.5 Å². The first-order valence-electron chi connectivity index (χ1n) is 6.95. The van der Waals surface area contributed by atoms with Crippen LogP contribution in [-0.4, -0.2) is 10.9 Å². The summed E-state index contributed by atoms with van der Waals surface area (Å²) in [5.74, 6) is -0.0394. The third-order valence-electron chi connectivity index (χ3n) is 3.72. The van der Waals surface area contributed by atoms with Crippen LogP contribution in [0, 0.1) is 0 Å². The highest BCUT2D eigenvalue weighted by Crippen LogP contribution is 2.33. The number of benzene rings is 3. The quantitative estimate of drug-likeness (QED) is 0.722. The van der Waals surface area contributed by atoms with E-state index < -0.39 is 0 Å². The van der Waals surface area contributed by atoms with Gasteiger partial charge < -0.3 is 5.11 Å². The van der Waals surface area contributed by atoms with E-state index in [4.69, 9.17) is 0 Å². The summed E-state index contributed by atoms with van der Waals surface area (Å²) in [5, 5.41) is 12.0. The van der Waals surface area contributed by atoms with E-state index in [0.717, 1.165) is 22.8 Å². The van der Waals surface area contributed by atoms with Crippen LogP contribution >= 0.6 is 0 Å². The summed E-state index contributed by atoms with van der Waals surface area (Å²) in [6.07, 6.45) is 0.738. The third-order valence-corrected chi connectivity index (χ3v) is 3.72. The van der Waals surface area contributed by atoms with Crippen molar-refractivity contribution in [1.29, 1.82) is 0 Å². The molecule has 3 aromatic carbocycles. The van der Waals surface area contributed by atoms with Gasteiger partial charge in [-0.3, -0.25) is 4.79 Å². The number of carbonyl (C=O) groups is 1. The van der Waals surface area contributed by atoms with Crippen molar-refractivity contribution in [3.63, 3.8) is 0 Å². The van der Waals surface area contributed by atoms with Crippen LogP contribution in [0.1, 0.15) is 28.4 Å². The van der Waals surface area contributed by atoms with Gasteiger partial charge in [-0.2, -0.15) is 0 Å². The van der Waals surface area contributed by atoms with Crippen LogP contribution in [-0.2, 0) is 6.42 Å². The lowest BCUT2D eigenvalue weighted by molar-refractivity contribution is 0.101. The fourth-order valence-corrected chi connectivity index (χ4v) is 2.67. The van der Waals surface area contributed by atoms with Crippen molar-refractivity contribution < 1.29 is 9.90 Å². The number of aromatic hydroxyl groups is 1. The second-order valence-corrected chi connectivity index (χ2v) is 5.20. The van der Waals surface area contributed by atoms with Crippen molar-refractivity contribution in [2.45, 2.75) is 13.3 Å². The van der Waals surface area contributed by atoms with Crippen LogP contribution in [0.5, 0.6) is 5.75 Å². The number of rotatable bonds is 3. The van der Waals surface area contributed by atoms with Crippen LogP contribution in [0.15, 0.2) is 60.7 Å². The largest absolute Gasteiger partial charge is 0.507 e. The van der Waals surface area contributed by atoms with Gasteiger partial charge >= 0.3 is 0 Å². The Morgan fingerprint density at radius 3 is 2.24 bits per heavy atom. The molecular weight excluding hydrogens is 260 g/mol. The zero-order valence-electron chi connectivity index (χ0n) is 11.8. The molecule has 1 N–H and O–H groups in total. The minimum absolute atomic E-state index is 0.0786. The Hall–Kier alpha value is -2.61. The molecule has 0 amide bonds. The van der Waals surface area contributed by atoms with Gasteiger partial charge in [0.1, 0.15) is 5.75 Å². The normalized spacial score (nSPS) is 10.7. The van der Waals surface area contributed by atoms with E-state index in [-0.39, 0.29) is 11.5 Å². The van der Waals surface area contributed by atoms with Crippen molar-refractivity contribution in [1.82, 2.24) is 0 Å². The highest BCUT2D eigenvalue weighted by Gasteiger charge is 2.14. The molecule has 0 saturated carbocycles. The summed E-state index contributed by atoms with van der Waals surface area (Å²) in [5.41, 5.74) is 2.63. The summed E-state index contributed by atoms with van der Waals surface area (Å²) in [4.78, 5) is 11.8. The molecule has 0 unspecified atom stereocenters. The Bertz CT molecular complexity index is 804. The molecule has 0 heterocycles. The number of ketones is 1. The second-order valence-electron chi connectivity index (χ2n) is 5.20. The van der Waals surface area contributed by atoms with Crippen LogP contribution in [0.2, 0.25) is 0 Å². The van der Waals surface area contributed by atoms with Crippen molar-refractivity contribution in [2.24, 2.45) is 0 Å². The molecular formula is C19H16O2. The number of phenols is 1. The van der Waals surface area contributed by atoms with E-state index in [1.54, 1.807) is 0 Å². The van der Waals surface area contributed by atoms with E-state index in [1.165, 1.54) is 12.5 Å². The van der Waals surface area contributed by atoms with Gasteiger partial charge in [0, 0.05) is 5.39 Å². The fourth-order valence-electron chi connectivity index (χ4n) is 2.67. The number of phenolic OH excluding ortho intramolecular Hbond substituents is 1. The molecule has 0 spiro atoms. The maximum Gasteiger partial charge on any atom is 0.163 e. The molecule has 2 nitrogen and oxygen atoms in total. The first-order chi connectivity index (χ1) is 10.2. The van der Waals surface area contributed by atoms with Gasteiger partial charge in [-0.05, 0) is 35.9 Å². The van der Waals surface area contributed by atoms with E-state index in [0.29, 0.717) is 5.56 Å². The lowest BCUT2D eigenvalue weighted by Gasteiger charge is -2.12. The molecule has 0 aliphatic carbocycles. The minimum Gasteiger partial charge on any atom is -0.507 e. The van der Waals surface area contributed by atoms with Gasteiger partial charge in [-0.25, -0.2) is 0 Å². The maximum absolute atomic E-state index is 11.8. The Kier molecular flexibility index (Phi) is 3.44. The highest BCUT2D eigenvalue weighted by atomic mass is 16.3. The highest BCUT2D eigenvalue weighted by molar-refractivity contribution is 6.04. The van der Waals surface area contributed by atoms with Crippen molar-refractivity contribution in [2.75, 3.05) is 0 Å². The first kappa shape index (κ1) is 13.4. The smallest absolute Gasteiger partial charge is 0.163 e. The molecule has 2 heteroatoms. The summed E-state index contributed by atoms with van der Waals surface area (Å²) >= 11 is 0. The molecule has 3 rings (SSSR count). The minimum atomic E-state index is -0.118. The van der Waals surface area contributed by atoms with E-state index in [9.17, 15) is 9.90 Å². The fraction of sp³-hybridized carbons (Fsp3) is 0.105. The number of Topliss-reactive ketones (excluding diaryl/α,β-unsaturated/α-hetero) is 1. The lowest BCUT2D eigenvalue weighted by atomic mass is 9.94. The molecule has 0 radical (unpaired) electrons. The van der Waals surface area contributed by atoms with Crippen LogP contribution in [0.3, 0.4) is 0 Å². The van der Waals surface area contributed by atoms with Crippen molar-refractivity contribution in [3.8, 4) is 5.75 Å². The standard InChI is InChI=1S/C19H16O2/c1-13(20)18-12-15(11-14-7-3-2-4-8-14)16-9-5-6-10-17(16)19(18)21/h2-10,12,21H,11H2,1H3. The number of fused-ring (bicyclic) bond motifs is 1. The topological polar surface area (TPSA) is 37.3 Å².